The Kier molecular flexibility index (Phi) is 8.48. The predicted molar refractivity (Wildman–Crippen MR) is 80.9 cm³/mol. The third-order valence-corrected chi connectivity index (χ3v) is 3.56. The quantitative estimate of drug-likeness (QED) is 0.611. The summed E-state index contributed by atoms with van der Waals surface area (Å²) in [5, 5.41) is 3.43. The van der Waals surface area contributed by atoms with Gasteiger partial charge in [-0.3, -0.25) is 0 Å². The highest BCUT2D eigenvalue weighted by atomic mass is 19.1. The van der Waals surface area contributed by atoms with Crippen molar-refractivity contribution in [3.63, 3.8) is 0 Å². The average molecular weight is 265 g/mol. The molecule has 1 N–H and O–H groups in total. The Morgan fingerprint density at radius 2 is 2.00 bits per heavy atom. The highest BCUT2D eigenvalue weighted by molar-refractivity contribution is 5.16. The molecule has 1 aromatic rings. The normalized spacial score (nSPS) is 12.6. The largest absolute Gasteiger partial charge is 0.317 e. The minimum absolute atomic E-state index is 0.120. The lowest BCUT2D eigenvalue weighted by molar-refractivity contribution is 0.425. The molecule has 0 spiro atoms. The van der Waals surface area contributed by atoms with E-state index in [-0.39, 0.29) is 5.82 Å². The third kappa shape index (κ3) is 7.31. The summed E-state index contributed by atoms with van der Waals surface area (Å²) in [6, 6.07) is 7.04. The molecule has 1 atom stereocenters. The number of nitrogens with one attached hydrogen (secondary N) is 1. The van der Waals surface area contributed by atoms with Gasteiger partial charge in [-0.25, -0.2) is 4.39 Å². The van der Waals surface area contributed by atoms with E-state index in [1.165, 1.54) is 38.2 Å². The second-order valence-electron chi connectivity index (χ2n) is 5.36. The van der Waals surface area contributed by atoms with Crippen molar-refractivity contribution in [1.29, 1.82) is 0 Å². The summed E-state index contributed by atoms with van der Waals surface area (Å²) in [7, 11) is 0. The molecule has 1 rings (SSSR count). The van der Waals surface area contributed by atoms with E-state index < -0.39 is 0 Å². The summed E-state index contributed by atoms with van der Waals surface area (Å²) in [6.07, 6.45) is 7.44. The summed E-state index contributed by atoms with van der Waals surface area (Å²) in [5.41, 5.74) is 1.12. The van der Waals surface area contributed by atoms with Gasteiger partial charge in [0.15, 0.2) is 0 Å². The zero-order chi connectivity index (χ0) is 13.9. The molecule has 0 heterocycles. The van der Waals surface area contributed by atoms with Crippen molar-refractivity contribution >= 4 is 0 Å². The van der Waals surface area contributed by atoms with E-state index in [1.807, 2.05) is 12.1 Å². The molecule has 0 aromatic heterocycles. The summed E-state index contributed by atoms with van der Waals surface area (Å²) in [5.74, 6) is 0.504. The Balaban J connectivity index is 2.43. The summed E-state index contributed by atoms with van der Waals surface area (Å²) in [4.78, 5) is 0. The Morgan fingerprint density at radius 1 is 1.16 bits per heavy atom. The van der Waals surface area contributed by atoms with Gasteiger partial charge in [-0.05, 0) is 49.5 Å². The van der Waals surface area contributed by atoms with Crippen LogP contribution >= 0.6 is 0 Å². The molecule has 1 aromatic carbocycles. The van der Waals surface area contributed by atoms with Gasteiger partial charge < -0.3 is 5.32 Å². The molecular weight excluding hydrogens is 237 g/mol. The lowest BCUT2D eigenvalue weighted by Crippen LogP contribution is -2.24. The Bertz CT molecular complexity index is 338. The van der Waals surface area contributed by atoms with Gasteiger partial charge in [-0.2, -0.15) is 0 Å². The van der Waals surface area contributed by atoms with Gasteiger partial charge >= 0.3 is 0 Å². The molecule has 0 saturated carbocycles. The van der Waals surface area contributed by atoms with Gasteiger partial charge in [0.2, 0.25) is 0 Å². The third-order valence-electron chi connectivity index (χ3n) is 3.56. The smallest absolute Gasteiger partial charge is 0.123 e. The van der Waals surface area contributed by atoms with Gasteiger partial charge in [0.1, 0.15) is 5.82 Å². The molecule has 1 nitrogen and oxygen atoms in total. The molecule has 0 amide bonds. The second-order valence-corrected chi connectivity index (χ2v) is 5.36. The first kappa shape index (κ1) is 16.2. The van der Waals surface area contributed by atoms with E-state index in [9.17, 15) is 4.39 Å². The number of benzene rings is 1. The van der Waals surface area contributed by atoms with Crippen LogP contribution in [0.15, 0.2) is 24.3 Å². The molecular formula is C17H28FN. The lowest BCUT2D eigenvalue weighted by atomic mass is 9.93. The fourth-order valence-corrected chi connectivity index (χ4v) is 2.48. The minimum Gasteiger partial charge on any atom is -0.317 e. The van der Waals surface area contributed by atoms with Gasteiger partial charge in [0.25, 0.3) is 0 Å². The summed E-state index contributed by atoms with van der Waals surface area (Å²) < 4.78 is 13.2. The van der Waals surface area contributed by atoms with E-state index in [2.05, 4.69) is 19.2 Å². The standard InChI is InChI=1S/C17H28FN/c1-3-5-6-7-9-16(14-19-4-2)12-15-10-8-11-17(18)13-15/h8,10-11,13,16,19H,3-7,9,12,14H2,1-2H3. The fraction of sp³-hybridized carbons (Fsp3) is 0.647. The molecule has 1 unspecified atom stereocenters. The first-order valence-electron chi connectivity index (χ1n) is 7.71. The van der Waals surface area contributed by atoms with Crippen LogP contribution in [0.1, 0.15) is 51.5 Å². The van der Waals surface area contributed by atoms with E-state index in [1.54, 1.807) is 6.07 Å². The first-order chi connectivity index (χ1) is 9.26. The fourth-order valence-electron chi connectivity index (χ4n) is 2.48. The zero-order valence-corrected chi connectivity index (χ0v) is 12.4. The molecule has 0 radical (unpaired) electrons. The molecule has 19 heavy (non-hydrogen) atoms. The topological polar surface area (TPSA) is 12.0 Å². The van der Waals surface area contributed by atoms with Gasteiger partial charge in [0.05, 0.1) is 0 Å². The van der Waals surface area contributed by atoms with Crippen molar-refractivity contribution in [1.82, 2.24) is 5.32 Å². The molecule has 0 saturated heterocycles. The summed E-state index contributed by atoms with van der Waals surface area (Å²) in [6.45, 7) is 6.42. The summed E-state index contributed by atoms with van der Waals surface area (Å²) >= 11 is 0. The van der Waals surface area contributed by atoms with Crippen LogP contribution in [0, 0.1) is 11.7 Å². The van der Waals surface area contributed by atoms with Crippen molar-refractivity contribution in [2.24, 2.45) is 5.92 Å². The van der Waals surface area contributed by atoms with Crippen molar-refractivity contribution < 1.29 is 4.39 Å². The number of unbranched alkanes of at least 4 members (excludes halogenated alkanes) is 3. The minimum atomic E-state index is -0.120. The Morgan fingerprint density at radius 3 is 2.68 bits per heavy atom. The van der Waals surface area contributed by atoms with Crippen LogP contribution in [0.25, 0.3) is 0 Å². The van der Waals surface area contributed by atoms with Crippen molar-refractivity contribution in [2.75, 3.05) is 13.1 Å². The van der Waals surface area contributed by atoms with Gasteiger partial charge in [-0.1, -0.05) is 51.7 Å². The van der Waals surface area contributed by atoms with E-state index in [0.717, 1.165) is 25.1 Å². The number of hydrogen-bond acceptors (Lipinski definition) is 1. The molecule has 0 aliphatic carbocycles. The first-order valence-corrected chi connectivity index (χ1v) is 7.71. The van der Waals surface area contributed by atoms with E-state index in [0.29, 0.717) is 5.92 Å². The van der Waals surface area contributed by atoms with Crippen LogP contribution in [0.4, 0.5) is 4.39 Å². The number of hydrogen-bond donors (Lipinski definition) is 1. The van der Waals surface area contributed by atoms with Crippen LogP contribution < -0.4 is 5.32 Å². The molecule has 2 heteroatoms. The van der Waals surface area contributed by atoms with E-state index >= 15 is 0 Å². The van der Waals surface area contributed by atoms with Crippen LogP contribution in [0.5, 0.6) is 0 Å². The Labute approximate surface area is 117 Å². The van der Waals surface area contributed by atoms with Crippen LogP contribution in [-0.4, -0.2) is 13.1 Å². The SMILES string of the molecule is CCCCCCC(CNCC)Cc1cccc(F)c1. The van der Waals surface area contributed by atoms with Crippen LogP contribution in [0.2, 0.25) is 0 Å². The van der Waals surface area contributed by atoms with Gasteiger partial charge in [0, 0.05) is 0 Å². The molecule has 0 bridgehead atoms. The predicted octanol–water partition coefficient (Wildman–Crippen LogP) is 4.56. The lowest BCUT2D eigenvalue weighted by Gasteiger charge is -2.17. The second kappa shape index (κ2) is 9.96. The molecule has 0 aliphatic heterocycles. The molecule has 0 fully saturated rings. The van der Waals surface area contributed by atoms with Crippen LogP contribution in [-0.2, 0) is 6.42 Å². The number of halogens is 1. The van der Waals surface area contributed by atoms with Crippen molar-refractivity contribution in [2.45, 2.75) is 52.4 Å². The monoisotopic (exact) mass is 265 g/mol. The maximum Gasteiger partial charge on any atom is 0.123 e. The molecule has 0 aliphatic rings. The zero-order valence-electron chi connectivity index (χ0n) is 12.4. The van der Waals surface area contributed by atoms with Crippen LogP contribution in [0.3, 0.4) is 0 Å². The Hall–Kier alpha value is -0.890. The maximum atomic E-state index is 13.2. The van der Waals surface area contributed by atoms with Crippen molar-refractivity contribution in [3.05, 3.63) is 35.6 Å². The highest BCUT2D eigenvalue weighted by Gasteiger charge is 2.09. The number of rotatable bonds is 10. The average Bonchev–Trinajstić information content (AvgIpc) is 2.40. The van der Waals surface area contributed by atoms with Gasteiger partial charge in [-0.15, -0.1) is 0 Å². The highest BCUT2D eigenvalue weighted by Crippen LogP contribution is 2.16. The maximum absolute atomic E-state index is 13.2. The molecule has 108 valence electrons. The van der Waals surface area contributed by atoms with Crippen molar-refractivity contribution in [3.8, 4) is 0 Å². The van der Waals surface area contributed by atoms with E-state index in [4.69, 9.17) is 0 Å².